The summed E-state index contributed by atoms with van der Waals surface area (Å²) in [4.78, 5) is 20.6. The summed E-state index contributed by atoms with van der Waals surface area (Å²) in [6.45, 7) is 3.46. The van der Waals surface area contributed by atoms with Crippen LogP contribution < -0.4 is 5.32 Å². The van der Waals surface area contributed by atoms with E-state index >= 15 is 0 Å². The number of amides is 1. The van der Waals surface area contributed by atoms with Gasteiger partial charge in [0, 0.05) is 38.4 Å². The lowest BCUT2D eigenvalue weighted by Gasteiger charge is -2.21. The molecule has 146 valence electrons. The second kappa shape index (κ2) is 7.56. The molecule has 0 aromatic carbocycles. The molecule has 2 aliphatic rings. The van der Waals surface area contributed by atoms with Crippen molar-refractivity contribution in [1.82, 2.24) is 24.7 Å². The Hall–Kier alpha value is -1.61. The van der Waals surface area contributed by atoms with Crippen molar-refractivity contribution >= 4 is 5.91 Å². The van der Waals surface area contributed by atoms with Gasteiger partial charge in [0.05, 0.1) is 18.2 Å². The molecule has 1 amide bonds. The van der Waals surface area contributed by atoms with Gasteiger partial charge in [0.1, 0.15) is 0 Å². The zero-order valence-electron chi connectivity index (χ0n) is 15.3. The average Bonchev–Trinajstić information content (AvgIpc) is 2.87. The minimum absolute atomic E-state index is 0.0498. The van der Waals surface area contributed by atoms with Crippen LogP contribution in [0, 0.1) is 5.92 Å². The molecule has 0 saturated carbocycles. The van der Waals surface area contributed by atoms with Gasteiger partial charge in [-0.25, -0.2) is 4.98 Å². The van der Waals surface area contributed by atoms with Gasteiger partial charge in [0.25, 0.3) is 0 Å². The van der Waals surface area contributed by atoms with Crippen molar-refractivity contribution in [3.63, 3.8) is 0 Å². The number of nitrogens with one attached hydrogen (secondary N) is 1. The van der Waals surface area contributed by atoms with Crippen molar-refractivity contribution in [3.05, 3.63) is 17.2 Å². The number of nitrogens with zero attached hydrogens (tertiary/aromatic N) is 4. The third kappa shape index (κ3) is 4.20. The molecule has 1 N–H and O–H groups in total. The highest BCUT2D eigenvalue weighted by Gasteiger charge is 2.39. The van der Waals surface area contributed by atoms with Crippen LogP contribution in [0.3, 0.4) is 0 Å². The van der Waals surface area contributed by atoms with Gasteiger partial charge in [-0.2, -0.15) is 13.2 Å². The zero-order valence-corrected chi connectivity index (χ0v) is 15.3. The average molecular weight is 373 g/mol. The number of likely N-dealkylation sites (N-methyl/N-ethyl adjacent to an activating group) is 2. The SMILES string of the molecule is CN1CCN(C)CC(C(=O)NCc2nc(C(F)(F)F)n3c2CCCC3)C1. The lowest BCUT2D eigenvalue weighted by Crippen LogP contribution is -2.39. The minimum Gasteiger partial charge on any atom is -0.350 e. The Labute approximate surface area is 151 Å². The monoisotopic (exact) mass is 373 g/mol. The number of carbonyl (C=O) groups is 1. The molecule has 3 rings (SSSR count). The van der Waals surface area contributed by atoms with Crippen molar-refractivity contribution in [2.45, 2.75) is 38.5 Å². The van der Waals surface area contributed by atoms with E-state index in [0.29, 0.717) is 37.4 Å². The zero-order chi connectivity index (χ0) is 18.9. The van der Waals surface area contributed by atoms with E-state index in [2.05, 4.69) is 20.1 Å². The normalized spacial score (nSPS) is 20.7. The van der Waals surface area contributed by atoms with Crippen LogP contribution in [0.4, 0.5) is 13.2 Å². The quantitative estimate of drug-likeness (QED) is 0.869. The van der Waals surface area contributed by atoms with Crippen molar-refractivity contribution in [1.29, 1.82) is 0 Å². The molecule has 9 heteroatoms. The van der Waals surface area contributed by atoms with Crippen molar-refractivity contribution in [2.75, 3.05) is 40.3 Å². The Balaban J connectivity index is 1.71. The molecule has 2 aliphatic heterocycles. The molecule has 3 heterocycles. The highest BCUT2D eigenvalue weighted by molar-refractivity contribution is 5.79. The second-order valence-corrected chi connectivity index (χ2v) is 7.37. The van der Waals surface area contributed by atoms with Gasteiger partial charge in [0.15, 0.2) is 0 Å². The topological polar surface area (TPSA) is 53.4 Å². The Bertz CT molecular complexity index is 646. The van der Waals surface area contributed by atoms with E-state index in [0.717, 1.165) is 25.9 Å². The largest absolute Gasteiger partial charge is 0.449 e. The number of hydrogen-bond acceptors (Lipinski definition) is 4. The molecule has 1 fully saturated rings. The van der Waals surface area contributed by atoms with Gasteiger partial charge in [0.2, 0.25) is 11.7 Å². The second-order valence-electron chi connectivity index (χ2n) is 7.37. The maximum Gasteiger partial charge on any atom is 0.449 e. The van der Waals surface area contributed by atoms with Crippen molar-refractivity contribution in [2.24, 2.45) is 5.92 Å². The summed E-state index contributed by atoms with van der Waals surface area (Å²) in [5, 5.41) is 2.82. The van der Waals surface area contributed by atoms with Crippen LogP contribution in [0.15, 0.2) is 0 Å². The number of halogens is 3. The van der Waals surface area contributed by atoms with Gasteiger partial charge in [-0.1, -0.05) is 0 Å². The Morgan fingerprint density at radius 1 is 1.15 bits per heavy atom. The summed E-state index contributed by atoms with van der Waals surface area (Å²) in [5.74, 6) is -1.17. The summed E-state index contributed by atoms with van der Waals surface area (Å²) in [5.41, 5.74) is 0.958. The highest BCUT2D eigenvalue weighted by Crippen LogP contribution is 2.32. The third-order valence-electron chi connectivity index (χ3n) is 5.18. The third-order valence-corrected chi connectivity index (χ3v) is 5.18. The molecule has 1 saturated heterocycles. The maximum atomic E-state index is 13.2. The fraction of sp³-hybridized carbons (Fsp3) is 0.765. The lowest BCUT2D eigenvalue weighted by atomic mass is 10.1. The first kappa shape index (κ1) is 19.2. The van der Waals surface area contributed by atoms with Crippen molar-refractivity contribution in [3.8, 4) is 0 Å². The molecule has 0 unspecified atom stereocenters. The number of alkyl halides is 3. The molecule has 0 aliphatic carbocycles. The number of carbonyl (C=O) groups excluding carboxylic acids is 1. The molecule has 0 spiro atoms. The fourth-order valence-corrected chi connectivity index (χ4v) is 3.79. The summed E-state index contributed by atoms with van der Waals surface area (Å²) in [6.07, 6.45) is -2.33. The molecule has 0 bridgehead atoms. The summed E-state index contributed by atoms with van der Waals surface area (Å²) < 4.78 is 41.0. The molecule has 26 heavy (non-hydrogen) atoms. The number of fused-ring (bicyclic) bond motifs is 1. The molecule has 0 radical (unpaired) electrons. The van der Waals surface area contributed by atoms with E-state index in [1.807, 2.05) is 14.1 Å². The van der Waals surface area contributed by atoms with Gasteiger partial charge in [-0.3, -0.25) is 4.79 Å². The lowest BCUT2D eigenvalue weighted by molar-refractivity contribution is -0.147. The summed E-state index contributed by atoms with van der Waals surface area (Å²) in [6, 6.07) is 0. The van der Waals surface area contributed by atoms with E-state index in [9.17, 15) is 18.0 Å². The van der Waals surface area contributed by atoms with Gasteiger partial charge in [-0.05, 0) is 33.4 Å². The minimum atomic E-state index is -4.47. The van der Waals surface area contributed by atoms with Crippen LogP contribution in [0.5, 0.6) is 0 Å². The van der Waals surface area contributed by atoms with Gasteiger partial charge in [-0.15, -0.1) is 0 Å². The first-order valence-corrected chi connectivity index (χ1v) is 9.06. The van der Waals surface area contributed by atoms with Crippen LogP contribution in [-0.2, 0) is 30.5 Å². The van der Waals surface area contributed by atoms with Gasteiger partial charge >= 0.3 is 6.18 Å². The molecule has 0 atom stereocenters. The molecular formula is C17H26F3N5O. The first-order valence-electron chi connectivity index (χ1n) is 9.06. The smallest absolute Gasteiger partial charge is 0.350 e. The summed E-state index contributed by atoms with van der Waals surface area (Å²) in [7, 11) is 3.95. The van der Waals surface area contributed by atoms with Crippen LogP contribution in [0.25, 0.3) is 0 Å². The Morgan fingerprint density at radius 3 is 2.42 bits per heavy atom. The van der Waals surface area contributed by atoms with Crippen LogP contribution >= 0.6 is 0 Å². The van der Waals surface area contributed by atoms with Crippen LogP contribution in [0.1, 0.15) is 30.1 Å². The maximum absolute atomic E-state index is 13.2. The Kier molecular flexibility index (Phi) is 5.57. The molecule has 1 aromatic rings. The van der Waals surface area contributed by atoms with Crippen LogP contribution in [0.2, 0.25) is 0 Å². The van der Waals surface area contributed by atoms with E-state index < -0.39 is 12.0 Å². The number of rotatable bonds is 3. The van der Waals surface area contributed by atoms with E-state index in [1.54, 1.807) is 0 Å². The van der Waals surface area contributed by atoms with E-state index in [4.69, 9.17) is 0 Å². The molecule has 6 nitrogen and oxygen atoms in total. The number of imidazole rings is 1. The Morgan fingerprint density at radius 2 is 1.81 bits per heavy atom. The number of hydrogen-bond donors (Lipinski definition) is 1. The van der Waals surface area contributed by atoms with E-state index in [-0.39, 0.29) is 18.4 Å². The molecule has 1 aromatic heterocycles. The van der Waals surface area contributed by atoms with E-state index in [1.165, 1.54) is 4.57 Å². The summed E-state index contributed by atoms with van der Waals surface area (Å²) >= 11 is 0. The standard InChI is InChI=1S/C17H26F3N5O/c1-23-7-8-24(2)11-12(10-23)15(26)21-9-13-14-5-3-4-6-25(14)16(22-13)17(18,19)20/h12H,3-11H2,1-2H3,(H,21,26). The van der Waals surface area contributed by atoms with Crippen molar-refractivity contribution < 1.29 is 18.0 Å². The van der Waals surface area contributed by atoms with Crippen LogP contribution in [-0.4, -0.2) is 65.5 Å². The number of aromatic nitrogens is 2. The fourth-order valence-electron chi connectivity index (χ4n) is 3.79. The van der Waals surface area contributed by atoms with Gasteiger partial charge < -0.3 is 19.7 Å². The predicted octanol–water partition coefficient (Wildman–Crippen LogP) is 1.35. The predicted molar refractivity (Wildman–Crippen MR) is 90.5 cm³/mol. The molecular weight excluding hydrogens is 347 g/mol. The first-order chi connectivity index (χ1) is 12.3. The highest BCUT2D eigenvalue weighted by atomic mass is 19.4.